The number of hydrogen-bond acceptors (Lipinski definition) is 3. The molecule has 1 aliphatic carbocycles. The number of nitrogens with one attached hydrogen (secondary N) is 2. The fraction of sp³-hybridized carbons (Fsp3) is 0.167. The van der Waals surface area contributed by atoms with Gasteiger partial charge in [0.15, 0.2) is 0 Å². The molecule has 0 radical (unpaired) electrons. The molecule has 1 aliphatic heterocycles. The zero-order valence-corrected chi connectivity index (χ0v) is 18.8. The van der Waals surface area contributed by atoms with E-state index in [1.807, 2.05) is 30.3 Å². The van der Waals surface area contributed by atoms with E-state index in [4.69, 9.17) is 23.2 Å². The largest absolute Gasteiger partial charge is 0.378 e. The van der Waals surface area contributed by atoms with Gasteiger partial charge in [-0.25, -0.2) is 8.42 Å². The molecular weight excluding hydrogens is 451 g/mol. The number of sulfonamides is 1. The second-order valence-electron chi connectivity index (χ2n) is 7.87. The Kier molecular flexibility index (Phi) is 5.21. The van der Waals surface area contributed by atoms with Crippen LogP contribution < -0.4 is 10.0 Å². The molecule has 1 heterocycles. The third-order valence-electron chi connectivity index (χ3n) is 5.97. The number of para-hydroxylation sites is 1. The van der Waals surface area contributed by atoms with Crippen molar-refractivity contribution in [3.05, 3.63) is 100 Å². The Balaban J connectivity index is 1.50. The van der Waals surface area contributed by atoms with E-state index in [9.17, 15) is 8.42 Å². The summed E-state index contributed by atoms with van der Waals surface area (Å²) >= 11 is 12.4. The van der Waals surface area contributed by atoms with Gasteiger partial charge in [0.05, 0.1) is 21.0 Å². The SMILES string of the molecule is O=S(=O)(Nc1ccccc1)c1ccc2c(c1)[C@H]1C=CC[C@H]1[C@@H](c1ccc(Cl)c(Cl)c1)N2. The maximum absolute atomic E-state index is 13.0. The normalized spacial score (nSPS) is 21.8. The molecule has 3 aromatic carbocycles. The van der Waals surface area contributed by atoms with Crippen molar-refractivity contribution in [2.24, 2.45) is 5.92 Å². The molecular formula is C24H20Cl2N2O2S. The van der Waals surface area contributed by atoms with Crippen LogP contribution in [0.4, 0.5) is 11.4 Å². The summed E-state index contributed by atoms with van der Waals surface area (Å²) in [5.74, 6) is 0.396. The summed E-state index contributed by atoms with van der Waals surface area (Å²) in [4.78, 5) is 0.254. The Labute approximate surface area is 192 Å². The molecule has 0 saturated heterocycles. The monoisotopic (exact) mass is 470 g/mol. The van der Waals surface area contributed by atoms with Gasteiger partial charge in [-0.05, 0) is 65.9 Å². The average Bonchev–Trinajstić information content (AvgIpc) is 3.25. The van der Waals surface area contributed by atoms with Crippen molar-refractivity contribution in [3.63, 3.8) is 0 Å². The number of rotatable bonds is 4. The molecule has 3 aromatic rings. The van der Waals surface area contributed by atoms with Crippen LogP contribution in [0.15, 0.2) is 83.8 Å². The molecule has 0 amide bonds. The van der Waals surface area contributed by atoms with Gasteiger partial charge >= 0.3 is 0 Å². The van der Waals surface area contributed by atoms with Crippen LogP contribution in [0.1, 0.15) is 29.5 Å². The van der Waals surface area contributed by atoms with Crippen LogP contribution >= 0.6 is 23.2 Å². The predicted octanol–water partition coefficient (Wildman–Crippen LogP) is 6.62. The lowest BCUT2D eigenvalue weighted by molar-refractivity contribution is 0.425. The third-order valence-corrected chi connectivity index (χ3v) is 8.09. The minimum atomic E-state index is -3.69. The van der Waals surface area contributed by atoms with E-state index < -0.39 is 10.0 Å². The van der Waals surface area contributed by atoms with Gasteiger partial charge in [0.2, 0.25) is 0 Å². The fourth-order valence-corrected chi connectivity index (χ4v) is 5.90. The lowest BCUT2D eigenvalue weighted by Crippen LogP contribution is -2.29. The average molecular weight is 471 g/mol. The van der Waals surface area contributed by atoms with E-state index in [-0.39, 0.29) is 22.8 Å². The van der Waals surface area contributed by atoms with Crippen molar-refractivity contribution < 1.29 is 8.42 Å². The minimum Gasteiger partial charge on any atom is -0.378 e. The first-order chi connectivity index (χ1) is 14.9. The first kappa shape index (κ1) is 20.4. The van der Waals surface area contributed by atoms with Gasteiger partial charge in [0.1, 0.15) is 0 Å². The Morgan fingerprint density at radius 1 is 0.935 bits per heavy atom. The molecule has 4 nitrogen and oxygen atoms in total. The van der Waals surface area contributed by atoms with Crippen LogP contribution in [0.2, 0.25) is 10.0 Å². The van der Waals surface area contributed by atoms with Crippen LogP contribution in [0, 0.1) is 5.92 Å². The van der Waals surface area contributed by atoms with Gasteiger partial charge < -0.3 is 5.32 Å². The van der Waals surface area contributed by atoms with Crippen molar-refractivity contribution in [3.8, 4) is 0 Å². The van der Waals surface area contributed by atoms with Crippen molar-refractivity contribution >= 4 is 44.6 Å². The molecule has 7 heteroatoms. The summed E-state index contributed by atoms with van der Waals surface area (Å²) < 4.78 is 28.6. The number of allylic oxidation sites excluding steroid dienone is 2. The van der Waals surface area contributed by atoms with E-state index in [1.54, 1.807) is 36.4 Å². The molecule has 0 aromatic heterocycles. The molecule has 5 rings (SSSR count). The molecule has 0 unspecified atom stereocenters. The summed E-state index contributed by atoms with van der Waals surface area (Å²) in [6.07, 6.45) is 5.25. The van der Waals surface area contributed by atoms with E-state index in [1.165, 1.54) is 0 Å². The number of benzene rings is 3. The van der Waals surface area contributed by atoms with Gasteiger partial charge in [-0.3, -0.25) is 4.72 Å². The molecule has 158 valence electrons. The molecule has 3 atom stereocenters. The predicted molar refractivity (Wildman–Crippen MR) is 127 cm³/mol. The molecule has 0 saturated carbocycles. The number of halogens is 2. The first-order valence-electron chi connectivity index (χ1n) is 10.0. The van der Waals surface area contributed by atoms with Crippen molar-refractivity contribution in [1.29, 1.82) is 0 Å². The van der Waals surface area contributed by atoms with E-state index in [0.717, 1.165) is 23.2 Å². The van der Waals surface area contributed by atoms with Crippen LogP contribution in [0.5, 0.6) is 0 Å². The molecule has 0 fully saturated rings. The number of fused-ring (bicyclic) bond motifs is 3. The first-order valence-corrected chi connectivity index (χ1v) is 12.3. The van der Waals surface area contributed by atoms with Gasteiger partial charge in [0, 0.05) is 17.3 Å². The Hall–Kier alpha value is -2.47. The summed E-state index contributed by atoms with van der Waals surface area (Å²) in [5.41, 5.74) is 3.53. The highest BCUT2D eigenvalue weighted by atomic mass is 35.5. The van der Waals surface area contributed by atoms with E-state index >= 15 is 0 Å². The Bertz CT molecular complexity index is 1280. The quantitative estimate of drug-likeness (QED) is 0.421. The van der Waals surface area contributed by atoms with Gasteiger partial charge in [-0.2, -0.15) is 0 Å². The zero-order chi connectivity index (χ0) is 21.6. The Morgan fingerprint density at radius 3 is 2.52 bits per heavy atom. The fourth-order valence-electron chi connectivity index (χ4n) is 4.50. The summed E-state index contributed by atoms with van der Waals surface area (Å²) in [6, 6.07) is 20.0. The van der Waals surface area contributed by atoms with Crippen molar-refractivity contribution in [2.45, 2.75) is 23.3 Å². The molecule has 0 bridgehead atoms. The topological polar surface area (TPSA) is 58.2 Å². The van der Waals surface area contributed by atoms with Crippen LogP contribution in [-0.4, -0.2) is 8.42 Å². The van der Waals surface area contributed by atoms with E-state index in [2.05, 4.69) is 22.2 Å². The second kappa shape index (κ2) is 7.90. The molecule has 2 aliphatic rings. The molecule has 2 N–H and O–H groups in total. The number of hydrogen-bond donors (Lipinski definition) is 2. The molecule has 0 spiro atoms. The summed E-state index contributed by atoms with van der Waals surface area (Å²) in [5, 5.41) is 4.66. The standard InChI is InChI=1S/C24H20Cl2N2O2S/c25-21-11-9-15(13-22(21)26)24-19-8-4-7-18(19)20-14-17(10-12-23(20)27-24)31(29,30)28-16-5-2-1-3-6-16/h1-7,9-14,18-19,24,27-28H,8H2/t18-,19+,24+/m0/s1. The lowest BCUT2D eigenvalue weighted by atomic mass is 9.77. The van der Waals surface area contributed by atoms with Gasteiger partial charge in [-0.15, -0.1) is 0 Å². The smallest absolute Gasteiger partial charge is 0.261 e. The minimum absolute atomic E-state index is 0.0622. The van der Waals surface area contributed by atoms with Crippen molar-refractivity contribution in [1.82, 2.24) is 0 Å². The lowest BCUT2D eigenvalue weighted by Gasteiger charge is -2.37. The van der Waals surface area contributed by atoms with Crippen LogP contribution in [0.3, 0.4) is 0 Å². The highest BCUT2D eigenvalue weighted by Crippen LogP contribution is 2.50. The van der Waals surface area contributed by atoms with E-state index in [0.29, 0.717) is 15.7 Å². The second-order valence-corrected chi connectivity index (χ2v) is 10.4. The van der Waals surface area contributed by atoms with Crippen LogP contribution in [0.25, 0.3) is 0 Å². The van der Waals surface area contributed by atoms with Gasteiger partial charge in [-0.1, -0.05) is 59.6 Å². The van der Waals surface area contributed by atoms with Crippen LogP contribution in [-0.2, 0) is 10.0 Å². The highest BCUT2D eigenvalue weighted by Gasteiger charge is 2.38. The summed E-state index contributed by atoms with van der Waals surface area (Å²) in [7, 11) is -3.69. The van der Waals surface area contributed by atoms with Gasteiger partial charge in [0.25, 0.3) is 10.0 Å². The number of anilines is 2. The Morgan fingerprint density at radius 2 is 1.74 bits per heavy atom. The highest BCUT2D eigenvalue weighted by molar-refractivity contribution is 7.92. The maximum atomic E-state index is 13.0. The molecule has 31 heavy (non-hydrogen) atoms. The maximum Gasteiger partial charge on any atom is 0.261 e. The zero-order valence-electron chi connectivity index (χ0n) is 16.4. The third kappa shape index (κ3) is 3.82. The van der Waals surface area contributed by atoms with Crippen molar-refractivity contribution in [2.75, 3.05) is 10.0 Å². The summed E-state index contributed by atoms with van der Waals surface area (Å²) in [6.45, 7) is 0.